The van der Waals surface area contributed by atoms with Crippen LogP contribution in [0.4, 0.5) is 18.0 Å². The topological polar surface area (TPSA) is 169 Å². The number of halogens is 3. The number of amides is 1. The molecule has 2 aromatic heterocycles. The first-order chi connectivity index (χ1) is 22.5. The Morgan fingerprint density at radius 2 is 1.75 bits per heavy atom. The van der Waals surface area contributed by atoms with E-state index in [9.17, 15) is 32.2 Å². The summed E-state index contributed by atoms with van der Waals surface area (Å²) in [5, 5.41) is 27.5. The van der Waals surface area contributed by atoms with Gasteiger partial charge >= 0.3 is 6.29 Å². The Labute approximate surface area is 271 Å². The average molecular weight is 684 g/mol. The molecule has 0 fully saturated rings. The molecule has 16 heteroatoms. The average Bonchev–Trinajstić information content (AvgIpc) is 3.67. The van der Waals surface area contributed by atoms with Gasteiger partial charge < -0.3 is 34.2 Å². The molecule has 0 bridgehead atoms. The molecule has 5 aromatic rings. The van der Waals surface area contributed by atoms with Crippen molar-refractivity contribution in [3.05, 3.63) is 77.6 Å². The minimum absolute atomic E-state index is 0.162. The summed E-state index contributed by atoms with van der Waals surface area (Å²) < 4.78 is 84.6. The molecule has 1 aliphatic heterocycles. The van der Waals surface area contributed by atoms with Gasteiger partial charge in [0.25, 0.3) is 0 Å². The van der Waals surface area contributed by atoms with Crippen LogP contribution in [0.5, 0.6) is 11.5 Å². The number of oxazole rings is 1. The van der Waals surface area contributed by atoms with Crippen molar-refractivity contribution in [3.8, 4) is 56.5 Å². The summed E-state index contributed by atoms with van der Waals surface area (Å²) in [4.78, 5) is 15.3. The summed E-state index contributed by atoms with van der Waals surface area (Å²) >= 11 is 0. The van der Waals surface area contributed by atoms with Crippen molar-refractivity contribution in [1.29, 1.82) is 0 Å². The van der Waals surface area contributed by atoms with Crippen molar-refractivity contribution in [1.82, 2.24) is 20.1 Å². The van der Waals surface area contributed by atoms with Crippen molar-refractivity contribution >= 4 is 15.9 Å². The molecule has 12 nitrogen and oxygen atoms in total. The Hall–Kier alpha value is -5.35. The van der Waals surface area contributed by atoms with E-state index in [1.807, 2.05) is 0 Å². The maximum atomic E-state index is 15.2. The SMILES string of the molecule is Cc1nc(-c2ccc3c(c2)OC(F)(F)O3)c(-c2cc(-c3cc(F)c(CO)c(S(C)(=O)=O)c3)ccc2-c2cc(C(C)NC(=O)[O-])nn2C)o1. The van der Waals surface area contributed by atoms with E-state index in [2.05, 4.69) is 24.9 Å². The van der Waals surface area contributed by atoms with Crippen LogP contribution in [0.25, 0.3) is 45.0 Å². The number of nitrogens with zero attached hydrogens (tertiary/aromatic N) is 3. The Kier molecular flexibility index (Phi) is 7.95. The number of carbonyl (C=O) groups is 1. The van der Waals surface area contributed by atoms with Crippen LogP contribution in [0.3, 0.4) is 0 Å². The number of hydrogen-bond donors (Lipinski definition) is 2. The van der Waals surface area contributed by atoms with Gasteiger partial charge in [0.2, 0.25) is 0 Å². The number of aryl methyl sites for hydroxylation is 2. The van der Waals surface area contributed by atoms with Crippen LogP contribution in [0.2, 0.25) is 0 Å². The van der Waals surface area contributed by atoms with Gasteiger partial charge in [-0.25, -0.2) is 17.8 Å². The van der Waals surface area contributed by atoms with Crippen LogP contribution < -0.4 is 19.9 Å². The molecular formula is C32H26F3N4O8S-. The Morgan fingerprint density at radius 1 is 1.04 bits per heavy atom. The predicted octanol–water partition coefficient (Wildman–Crippen LogP) is 4.73. The first-order valence-corrected chi connectivity index (χ1v) is 16.1. The zero-order valence-corrected chi connectivity index (χ0v) is 26.5. The zero-order valence-electron chi connectivity index (χ0n) is 25.7. The second-order valence-corrected chi connectivity index (χ2v) is 13.1. The Bertz CT molecular complexity index is 2210. The second kappa shape index (κ2) is 11.7. The van der Waals surface area contributed by atoms with E-state index in [4.69, 9.17) is 4.42 Å². The van der Waals surface area contributed by atoms with Gasteiger partial charge in [-0.15, -0.1) is 8.78 Å². The largest absolute Gasteiger partial charge is 0.586 e. The van der Waals surface area contributed by atoms with Crippen LogP contribution in [0.1, 0.15) is 30.1 Å². The molecule has 0 spiro atoms. The summed E-state index contributed by atoms with van der Waals surface area (Å²) in [6.45, 7) is 2.32. The number of aliphatic hydroxyl groups excluding tert-OH is 1. The van der Waals surface area contributed by atoms with E-state index < -0.39 is 40.7 Å². The third-order valence-corrected chi connectivity index (χ3v) is 8.83. The van der Waals surface area contributed by atoms with Gasteiger partial charge in [-0.2, -0.15) is 5.10 Å². The number of sulfone groups is 1. The summed E-state index contributed by atoms with van der Waals surface area (Å²) in [7, 11) is -2.32. The third-order valence-electron chi connectivity index (χ3n) is 7.67. The molecule has 48 heavy (non-hydrogen) atoms. The number of nitrogens with one attached hydrogen (secondary N) is 1. The molecule has 3 heterocycles. The van der Waals surface area contributed by atoms with Crippen LogP contribution in [-0.4, -0.2) is 46.9 Å². The number of aliphatic hydroxyl groups is 1. The van der Waals surface area contributed by atoms with Gasteiger partial charge in [-0.05, 0) is 60.5 Å². The number of fused-ring (bicyclic) bond motifs is 1. The fourth-order valence-corrected chi connectivity index (χ4v) is 6.45. The lowest BCUT2D eigenvalue weighted by atomic mass is 9.93. The van der Waals surface area contributed by atoms with E-state index in [1.165, 1.54) is 28.9 Å². The summed E-state index contributed by atoms with van der Waals surface area (Å²) in [5.41, 5.74) is 2.38. The van der Waals surface area contributed by atoms with Gasteiger partial charge in [0.05, 0.1) is 28.9 Å². The number of alkyl halides is 2. The molecule has 1 amide bonds. The third kappa shape index (κ3) is 6.06. The highest BCUT2D eigenvalue weighted by atomic mass is 32.2. The van der Waals surface area contributed by atoms with Gasteiger partial charge in [0.15, 0.2) is 33.0 Å². The molecule has 0 saturated carbocycles. The lowest BCUT2D eigenvalue weighted by Crippen LogP contribution is -2.38. The molecular weight excluding hydrogens is 657 g/mol. The summed E-state index contributed by atoms with van der Waals surface area (Å²) in [6, 6.07) is 12.2. The summed E-state index contributed by atoms with van der Waals surface area (Å²) in [6.07, 6.45) is -4.44. The van der Waals surface area contributed by atoms with E-state index in [1.54, 1.807) is 45.2 Å². The number of benzene rings is 3. The van der Waals surface area contributed by atoms with Crippen LogP contribution >= 0.6 is 0 Å². The van der Waals surface area contributed by atoms with Crippen molar-refractivity contribution in [2.75, 3.05) is 6.26 Å². The first kappa shape index (κ1) is 32.6. The number of ether oxygens (including phenoxy) is 2. The second-order valence-electron chi connectivity index (χ2n) is 11.1. The number of carboxylic acid groups (broad SMARTS) is 1. The molecule has 3 aromatic carbocycles. The molecule has 0 radical (unpaired) electrons. The first-order valence-electron chi connectivity index (χ1n) is 14.2. The minimum Gasteiger partial charge on any atom is -0.530 e. The normalized spacial score (nSPS) is 14.2. The fraction of sp³-hybridized carbons (Fsp3) is 0.219. The predicted molar refractivity (Wildman–Crippen MR) is 162 cm³/mol. The minimum atomic E-state index is -3.95. The zero-order chi connectivity index (χ0) is 34.7. The van der Waals surface area contributed by atoms with E-state index >= 15 is 4.39 Å². The van der Waals surface area contributed by atoms with Gasteiger partial charge in [-0.1, -0.05) is 12.1 Å². The molecule has 0 saturated heterocycles. The van der Waals surface area contributed by atoms with E-state index in [0.29, 0.717) is 33.6 Å². The smallest absolute Gasteiger partial charge is 0.530 e. The van der Waals surface area contributed by atoms with Gasteiger partial charge in [0, 0.05) is 42.5 Å². The van der Waals surface area contributed by atoms with Gasteiger partial charge in [0.1, 0.15) is 17.6 Å². The van der Waals surface area contributed by atoms with E-state index in [-0.39, 0.29) is 44.9 Å². The van der Waals surface area contributed by atoms with Gasteiger partial charge in [-0.3, -0.25) is 4.68 Å². The monoisotopic (exact) mass is 683 g/mol. The molecule has 2 N–H and O–H groups in total. The van der Waals surface area contributed by atoms with Crippen LogP contribution in [0.15, 0.2) is 63.9 Å². The fourth-order valence-electron chi connectivity index (χ4n) is 5.50. The van der Waals surface area contributed by atoms with Crippen molar-refractivity contribution in [2.45, 2.75) is 37.7 Å². The van der Waals surface area contributed by atoms with E-state index in [0.717, 1.165) is 12.3 Å². The molecule has 1 aliphatic rings. The highest BCUT2D eigenvalue weighted by Gasteiger charge is 2.43. The number of carbonyl (C=O) groups excluding carboxylic acids is 1. The quantitative estimate of drug-likeness (QED) is 0.233. The van der Waals surface area contributed by atoms with Crippen molar-refractivity contribution in [2.24, 2.45) is 7.05 Å². The molecule has 0 aliphatic carbocycles. The molecule has 6 rings (SSSR count). The highest BCUT2D eigenvalue weighted by molar-refractivity contribution is 7.90. The molecule has 1 atom stereocenters. The lowest BCUT2D eigenvalue weighted by Gasteiger charge is -2.14. The number of aromatic nitrogens is 3. The standard InChI is InChI=1S/C32H27F3N4O8S/c1-15(36-31(41)42)24-13-25(39(3)38-24)20-7-5-17(19-10-23(33)22(14-40)28(12-19)48(4,43)44)9-21(20)30-29(37-16(2)45-30)18-6-8-26-27(11-18)47-32(34,35)46-26/h5-13,15,36,40H,14H2,1-4H3,(H,41,42)/p-1. The Balaban J connectivity index is 1.58. The maximum Gasteiger partial charge on any atom is 0.586 e. The number of rotatable bonds is 8. The lowest BCUT2D eigenvalue weighted by molar-refractivity contribution is -0.286. The van der Waals surface area contributed by atoms with Crippen molar-refractivity contribution in [3.63, 3.8) is 0 Å². The maximum absolute atomic E-state index is 15.2. The van der Waals surface area contributed by atoms with Crippen LogP contribution in [0, 0.1) is 12.7 Å². The molecule has 1 unspecified atom stereocenters. The highest BCUT2D eigenvalue weighted by Crippen LogP contribution is 2.46. The van der Waals surface area contributed by atoms with Crippen LogP contribution in [-0.2, 0) is 23.5 Å². The number of hydrogen-bond acceptors (Lipinski definition) is 10. The Morgan fingerprint density at radius 3 is 2.44 bits per heavy atom. The van der Waals surface area contributed by atoms with Crippen molar-refractivity contribution < 1.29 is 50.5 Å². The summed E-state index contributed by atoms with van der Waals surface area (Å²) in [5.74, 6) is -0.967. The molecule has 250 valence electrons.